The van der Waals surface area contributed by atoms with E-state index >= 15 is 4.39 Å². The Bertz CT molecular complexity index is 2530. The first-order valence-electron chi connectivity index (χ1n) is 18.8. The molecule has 2 saturated carbocycles. The number of hydrogen-bond acceptors (Lipinski definition) is 6. The largest absolute Gasteiger partial charge is 0.337 e. The van der Waals surface area contributed by atoms with Crippen molar-refractivity contribution in [2.75, 3.05) is 13.1 Å². The van der Waals surface area contributed by atoms with Gasteiger partial charge < -0.3 is 14.8 Å². The summed E-state index contributed by atoms with van der Waals surface area (Å²) in [5.41, 5.74) is 6.34. The first-order chi connectivity index (χ1) is 26.3. The second-order valence-electron chi connectivity index (χ2n) is 15.4. The van der Waals surface area contributed by atoms with Crippen molar-refractivity contribution in [2.45, 2.75) is 69.6 Å². The molecule has 1 N–H and O–H groups in total. The minimum Gasteiger partial charge on any atom is -0.337 e. The number of hydrogen-bond donors (Lipinski definition) is 1. The third-order valence-corrected chi connectivity index (χ3v) is 13.1. The number of nitrogens with zero attached hydrogens (tertiary/aromatic N) is 7. The van der Waals surface area contributed by atoms with Crippen LogP contribution in [0.4, 0.5) is 4.39 Å². The zero-order valence-electron chi connectivity index (χ0n) is 29.6. The average molecular weight is 760 g/mol. The predicted octanol–water partition coefficient (Wildman–Crippen LogP) is 8.78. The van der Waals surface area contributed by atoms with Gasteiger partial charge in [0, 0.05) is 70.3 Å². The summed E-state index contributed by atoms with van der Waals surface area (Å²) in [5.74, 6) is 0.144. The molecule has 6 heterocycles. The molecule has 54 heavy (non-hydrogen) atoms. The third-order valence-electron chi connectivity index (χ3n) is 12.3. The van der Waals surface area contributed by atoms with Gasteiger partial charge >= 0.3 is 0 Å². The van der Waals surface area contributed by atoms with Gasteiger partial charge in [0.1, 0.15) is 5.52 Å². The van der Waals surface area contributed by atoms with Gasteiger partial charge in [-0.2, -0.15) is 5.26 Å². The number of nitrogens with one attached hydrogen (secondary N) is 1. The topological polar surface area (TPSA) is 105 Å². The number of amides is 1. The molecular weight excluding hydrogens is 722 g/mol. The van der Waals surface area contributed by atoms with E-state index in [0.717, 1.165) is 53.7 Å². The molecule has 5 fully saturated rings. The number of benzene rings is 3. The zero-order valence-corrected chi connectivity index (χ0v) is 31.2. The standard InChI is InChI=1S/C42H37Cl2FN8O/c1-22-29-18-34(33-17-27(21-51(33)42(54)24-12-13-24)53-35(20-48-50-53)23-7-3-2-4-8-23)52(40-26-16-32(40)47-19-26)41(29)30-15-25(9-6-14-46)36(38(45)39(30)49-22)28-10-5-11-31(43)37(28)44/h2-5,7-8,10-11,15,18,20,24,26-27,32-33,40,47H,6,9,12-13,16-17,19,21H2,1H3. The minimum absolute atomic E-state index is 0.0349. The number of fused-ring (bicyclic) bond motifs is 4. The molecule has 11 rings (SSSR count). The highest BCUT2D eigenvalue weighted by Crippen LogP contribution is 2.52. The van der Waals surface area contributed by atoms with Crippen LogP contribution in [0.2, 0.25) is 10.0 Å². The monoisotopic (exact) mass is 758 g/mol. The van der Waals surface area contributed by atoms with Crippen LogP contribution in [0.15, 0.2) is 66.9 Å². The van der Waals surface area contributed by atoms with E-state index in [1.54, 1.807) is 24.4 Å². The van der Waals surface area contributed by atoms with Crippen LogP contribution < -0.4 is 5.32 Å². The van der Waals surface area contributed by atoms with E-state index in [4.69, 9.17) is 28.2 Å². The lowest BCUT2D eigenvalue weighted by molar-refractivity contribution is -0.133. The molecule has 6 aromatic rings. The Kier molecular flexibility index (Phi) is 8.06. The highest BCUT2D eigenvalue weighted by atomic mass is 35.5. The molecule has 1 amide bonds. The smallest absolute Gasteiger partial charge is 0.226 e. The Balaban J connectivity index is 1.19. The lowest BCUT2D eigenvalue weighted by Crippen LogP contribution is -2.41. The van der Waals surface area contributed by atoms with Crippen LogP contribution >= 0.6 is 23.2 Å². The fourth-order valence-electron chi connectivity index (χ4n) is 9.51. The number of halogens is 3. The van der Waals surface area contributed by atoms with Gasteiger partial charge in [0.05, 0.1) is 51.6 Å². The molecule has 12 heteroatoms. The van der Waals surface area contributed by atoms with Crippen LogP contribution in [0.5, 0.6) is 0 Å². The van der Waals surface area contributed by atoms with E-state index in [9.17, 15) is 10.1 Å². The van der Waals surface area contributed by atoms with Crippen LogP contribution in [0.1, 0.15) is 67.2 Å². The molecule has 9 nitrogen and oxygen atoms in total. The van der Waals surface area contributed by atoms with Crippen molar-refractivity contribution in [1.82, 2.24) is 34.8 Å². The van der Waals surface area contributed by atoms with Gasteiger partial charge in [-0.1, -0.05) is 70.9 Å². The Hall–Kier alpha value is -4.82. The van der Waals surface area contributed by atoms with Crippen molar-refractivity contribution >= 4 is 50.9 Å². The van der Waals surface area contributed by atoms with Crippen molar-refractivity contribution in [2.24, 2.45) is 11.8 Å². The Morgan fingerprint density at radius 1 is 1.07 bits per heavy atom. The number of nitriles is 1. The van der Waals surface area contributed by atoms with Crippen molar-refractivity contribution in [3.05, 3.63) is 99.7 Å². The third kappa shape index (κ3) is 5.19. The number of carbonyl (C=O) groups excluding carboxylic acids is 1. The second kappa shape index (κ2) is 12.9. The summed E-state index contributed by atoms with van der Waals surface area (Å²) >= 11 is 13.2. The Labute approximate surface area is 321 Å². The lowest BCUT2D eigenvalue weighted by Gasteiger charge is -2.39. The van der Waals surface area contributed by atoms with Crippen molar-refractivity contribution in [3.63, 3.8) is 0 Å². The van der Waals surface area contributed by atoms with Gasteiger partial charge in [-0.3, -0.25) is 4.79 Å². The summed E-state index contributed by atoms with van der Waals surface area (Å²) < 4.78 is 21.7. The zero-order chi connectivity index (χ0) is 36.8. The van der Waals surface area contributed by atoms with Gasteiger partial charge in [0.15, 0.2) is 5.82 Å². The summed E-state index contributed by atoms with van der Waals surface area (Å²) in [6, 6.07) is 21.9. The molecular formula is C42H37Cl2FN8O. The van der Waals surface area contributed by atoms with Crippen LogP contribution in [-0.4, -0.2) is 54.5 Å². The van der Waals surface area contributed by atoms with E-state index in [2.05, 4.69) is 49.4 Å². The number of carbonyl (C=O) groups is 1. The molecule has 3 aromatic carbocycles. The van der Waals surface area contributed by atoms with Gasteiger partial charge in [-0.15, -0.1) is 5.10 Å². The van der Waals surface area contributed by atoms with E-state index in [0.29, 0.717) is 58.1 Å². The van der Waals surface area contributed by atoms with E-state index in [1.807, 2.05) is 35.9 Å². The van der Waals surface area contributed by atoms with Crippen LogP contribution in [-0.2, 0) is 11.2 Å². The maximum Gasteiger partial charge on any atom is 0.226 e. The minimum atomic E-state index is -0.482. The summed E-state index contributed by atoms with van der Waals surface area (Å²) in [5, 5.41) is 24.5. The average Bonchev–Trinajstić information content (AvgIpc) is 3.67. The molecule has 2 aliphatic carbocycles. The second-order valence-corrected chi connectivity index (χ2v) is 16.2. The first-order valence-corrected chi connectivity index (χ1v) is 19.5. The lowest BCUT2D eigenvalue weighted by atomic mass is 9.79. The summed E-state index contributed by atoms with van der Waals surface area (Å²) in [6.45, 7) is 3.37. The first kappa shape index (κ1) is 33.7. The van der Waals surface area contributed by atoms with Gasteiger partial charge in [0.2, 0.25) is 5.91 Å². The molecule has 5 atom stereocenters. The summed E-state index contributed by atoms with van der Waals surface area (Å²) in [7, 11) is 0. The van der Waals surface area contributed by atoms with E-state index < -0.39 is 5.82 Å². The molecule has 0 radical (unpaired) electrons. The van der Waals surface area contributed by atoms with Crippen molar-refractivity contribution in [1.29, 1.82) is 5.26 Å². The maximum atomic E-state index is 17.3. The molecule has 3 saturated heterocycles. The number of pyridine rings is 1. The van der Waals surface area contributed by atoms with Gasteiger partial charge in [0.25, 0.3) is 0 Å². The number of aryl methyl sites for hydroxylation is 2. The van der Waals surface area contributed by atoms with Crippen molar-refractivity contribution < 1.29 is 9.18 Å². The van der Waals surface area contributed by atoms with E-state index in [-0.39, 0.29) is 53.0 Å². The quantitative estimate of drug-likeness (QED) is 0.166. The molecule has 3 aliphatic heterocycles. The number of aromatic nitrogens is 5. The number of likely N-dealkylation sites (tertiary alicyclic amines) is 1. The Morgan fingerprint density at radius 2 is 1.91 bits per heavy atom. The number of rotatable bonds is 8. The maximum absolute atomic E-state index is 17.3. The van der Waals surface area contributed by atoms with Crippen LogP contribution in [0.3, 0.4) is 0 Å². The normalized spacial score (nSPS) is 23.3. The molecule has 3 aromatic heterocycles. The fourth-order valence-corrected chi connectivity index (χ4v) is 9.90. The van der Waals surface area contributed by atoms with E-state index in [1.165, 1.54) is 0 Å². The van der Waals surface area contributed by atoms with Crippen LogP contribution in [0.25, 0.3) is 44.2 Å². The fraction of sp³-hybridized carbons (Fsp3) is 0.357. The Morgan fingerprint density at radius 3 is 2.65 bits per heavy atom. The van der Waals surface area contributed by atoms with Gasteiger partial charge in [-0.25, -0.2) is 14.1 Å². The van der Waals surface area contributed by atoms with Gasteiger partial charge in [-0.05, 0) is 68.7 Å². The highest BCUT2D eigenvalue weighted by molar-refractivity contribution is 6.43. The summed E-state index contributed by atoms with van der Waals surface area (Å²) in [4.78, 5) is 21.3. The summed E-state index contributed by atoms with van der Waals surface area (Å²) in [6.07, 6.45) is 5.88. The predicted molar refractivity (Wildman–Crippen MR) is 207 cm³/mol. The molecule has 5 aliphatic rings. The van der Waals surface area contributed by atoms with Crippen molar-refractivity contribution in [3.8, 4) is 28.5 Å². The SMILES string of the molecule is Cc1nc2c(F)c(-c3cccc(Cl)c3Cl)c(CCC#N)cc2c2c1cc(C1CC(n3nncc3-c3ccccc3)CN1C(=O)C1CC1)n2C1C2CNC1C2. The molecule has 272 valence electrons. The molecule has 5 unspecified atom stereocenters. The molecule has 0 spiro atoms. The molecule has 2 bridgehead atoms. The highest BCUT2D eigenvalue weighted by Gasteiger charge is 2.51. The van der Waals surface area contributed by atoms with Crippen LogP contribution in [0, 0.1) is 35.9 Å².